The number of aromatic carboxylic acids is 1. The molecule has 1 rings (SSSR count). The number of nitrogens with one attached hydrogen (secondary N) is 1. The lowest BCUT2D eigenvalue weighted by Gasteiger charge is -2.13. The van der Waals surface area contributed by atoms with Gasteiger partial charge in [-0.25, -0.2) is 9.78 Å². The minimum atomic E-state index is -1.01. The molecule has 1 atom stereocenters. The molecule has 2 N–H and O–H groups in total. The highest BCUT2D eigenvalue weighted by Crippen LogP contribution is 2.15. The van der Waals surface area contributed by atoms with E-state index in [0.29, 0.717) is 12.2 Å². The van der Waals surface area contributed by atoms with Gasteiger partial charge >= 0.3 is 5.97 Å². The first-order chi connectivity index (χ1) is 7.58. The smallest absolute Gasteiger partial charge is 0.339 e. The van der Waals surface area contributed by atoms with Gasteiger partial charge in [-0.05, 0) is 25.5 Å². The van der Waals surface area contributed by atoms with Crippen molar-refractivity contribution in [1.29, 1.82) is 0 Å². The van der Waals surface area contributed by atoms with E-state index in [4.69, 9.17) is 11.5 Å². The van der Waals surface area contributed by atoms with E-state index in [2.05, 4.69) is 16.2 Å². The number of pyridine rings is 1. The number of aryl methyl sites for hydroxylation is 1. The van der Waals surface area contributed by atoms with Gasteiger partial charge in [-0.2, -0.15) is 0 Å². The summed E-state index contributed by atoms with van der Waals surface area (Å²) >= 11 is 0. The first-order valence-electron chi connectivity index (χ1n) is 5.02. The lowest BCUT2D eigenvalue weighted by Crippen LogP contribution is -2.19. The van der Waals surface area contributed by atoms with Crippen LogP contribution in [0.3, 0.4) is 0 Å². The standard InChI is InChI=1S/C12H14N2O2/c1-4-9(5-2)14-11-10(12(15)16)7-6-8(3)13-11/h1,6-7,9H,5H2,2-3H3,(H,13,14)(H,15,16). The maximum atomic E-state index is 11.0. The molecule has 0 amide bonds. The molecule has 0 saturated carbocycles. The molecule has 1 aromatic heterocycles. The second-order valence-corrected chi connectivity index (χ2v) is 3.43. The van der Waals surface area contributed by atoms with E-state index in [9.17, 15) is 4.79 Å². The van der Waals surface area contributed by atoms with Gasteiger partial charge in [0.25, 0.3) is 0 Å². The van der Waals surface area contributed by atoms with Crippen LogP contribution >= 0.6 is 0 Å². The van der Waals surface area contributed by atoms with E-state index in [1.165, 1.54) is 6.07 Å². The van der Waals surface area contributed by atoms with Crippen LogP contribution in [0.25, 0.3) is 0 Å². The lowest BCUT2D eigenvalue weighted by molar-refractivity contribution is 0.0697. The van der Waals surface area contributed by atoms with Gasteiger partial charge in [0.2, 0.25) is 0 Å². The maximum Gasteiger partial charge on any atom is 0.339 e. The SMILES string of the molecule is C#CC(CC)Nc1nc(C)ccc1C(=O)O. The normalized spacial score (nSPS) is 11.6. The number of carboxylic acid groups (broad SMARTS) is 1. The van der Waals surface area contributed by atoms with Gasteiger partial charge in [0.15, 0.2) is 0 Å². The van der Waals surface area contributed by atoms with Crippen molar-refractivity contribution in [3.05, 3.63) is 23.4 Å². The summed E-state index contributed by atoms with van der Waals surface area (Å²) in [7, 11) is 0. The minimum Gasteiger partial charge on any atom is -0.478 e. The van der Waals surface area contributed by atoms with Crippen LogP contribution in [0.4, 0.5) is 5.82 Å². The summed E-state index contributed by atoms with van der Waals surface area (Å²) in [4.78, 5) is 15.1. The third-order valence-corrected chi connectivity index (χ3v) is 2.19. The molecule has 1 aromatic rings. The fourth-order valence-electron chi connectivity index (χ4n) is 1.27. The van der Waals surface area contributed by atoms with Crippen LogP contribution in [0, 0.1) is 19.3 Å². The Bertz CT molecular complexity index is 435. The molecule has 0 aromatic carbocycles. The Labute approximate surface area is 94.7 Å². The van der Waals surface area contributed by atoms with Crippen LogP contribution in [0.2, 0.25) is 0 Å². The Morgan fingerprint density at radius 2 is 2.38 bits per heavy atom. The molecule has 4 nitrogen and oxygen atoms in total. The molecule has 0 aliphatic rings. The number of aromatic nitrogens is 1. The fraction of sp³-hybridized carbons (Fsp3) is 0.333. The molecule has 0 fully saturated rings. The second-order valence-electron chi connectivity index (χ2n) is 3.43. The van der Waals surface area contributed by atoms with Gasteiger partial charge < -0.3 is 10.4 Å². The number of carbonyl (C=O) groups is 1. The topological polar surface area (TPSA) is 62.2 Å². The van der Waals surface area contributed by atoms with Crippen LogP contribution in [-0.4, -0.2) is 22.1 Å². The lowest BCUT2D eigenvalue weighted by atomic mass is 10.2. The number of anilines is 1. The average molecular weight is 218 g/mol. The number of rotatable bonds is 4. The first-order valence-corrected chi connectivity index (χ1v) is 5.02. The molecule has 0 aliphatic carbocycles. The number of hydrogen-bond donors (Lipinski definition) is 2. The van der Waals surface area contributed by atoms with E-state index in [-0.39, 0.29) is 11.6 Å². The zero-order valence-corrected chi connectivity index (χ0v) is 9.32. The molecule has 16 heavy (non-hydrogen) atoms. The molecule has 4 heteroatoms. The van der Waals surface area contributed by atoms with Gasteiger partial charge in [0, 0.05) is 5.69 Å². The molecule has 0 radical (unpaired) electrons. The molecule has 84 valence electrons. The van der Waals surface area contributed by atoms with E-state index in [1.54, 1.807) is 13.0 Å². The number of terminal acetylenes is 1. The summed E-state index contributed by atoms with van der Waals surface area (Å²) in [6.07, 6.45) is 6.02. The van der Waals surface area contributed by atoms with E-state index < -0.39 is 5.97 Å². The molecule has 0 saturated heterocycles. The van der Waals surface area contributed by atoms with Crippen LogP contribution in [0.5, 0.6) is 0 Å². The highest BCUT2D eigenvalue weighted by molar-refractivity contribution is 5.93. The van der Waals surface area contributed by atoms with Gasteiger partial charge in [-0.15, -0.1) is 6.42 Å². The zero-order chi connectivity index (χ0) is 12.1. The van der Waals surface area contributed by atoms with E-state index in [1.807, 2.05) is 6.92 Å². The predicted octanol–water partition coefficient (Wildman–Crippen LogP) is 1.91. The Kier molecular flexibility index (Phi) is 3.90. The highest BCUT2D eigenvalue weighted by Gasteiger charge is 2.13. The summed E-state index contributed by atoms with van der Waals surface area (Å²) < 4.78 is 0. The van der Waals surface area contributed by atoms with Crippen molar-refractivity contribution in [3.8, 4) is 12.3 Å². The average Bonchev–Trinajstić information content (AvgIpc) is 2.25. The molecule has 1 heterocycles. The van der Waals surface area contributed by atoms with Crippen molar-refractivity contribution in [2.45, 2.75) is 26.3 Å². The number of nitrogens with zero attached hydrogens (tertiary/aromatic N) is 1. The Morgan fingerprint density at radius 3 is 2.88 bits per heavy atom. The zero-order valence-electron chi connectivity index (χ0n) is 9.32. The summed E-state index contributed by atoms with van der Waals surface area (Å²) in [5.41, 5.74) is 0.888. The molecule has 0 spiro atoms. The van der Waals surface area contributed by atoms with Crippen molar-refractivity contribution in [3.63, 3.8) is 0 Å². The van der Waals surface area contributed by atoms with E-state index in [0.717, 1.165) is 5.69 Å². The largest absolute Gasteiger partial charge is 0.478 e. The number of hydrogen-bond acceptors (Lipinski definition) is 3. The van der Waals surface area contributed by atoms with Crippen LogP contribution < -0.4 is 5.32 Å². The van der Waals surface area contributed by atoms with Gasteiger partial charge in [0.05, 0.1) is 6.04 Å². The molecular weight excluding hydrogens is 204 g/mol. The number of carboxylic acids is 1. The molecule has 1 unspecified atom stereocenters. The van der Waals surface area contributed by atoms with Crippen molar-refractivity contribution in [1.82, 2.24) is 4.98 Å². The molecular formula is C12H14N2O2. The van der Waals surface area contributed by atoms with Crippen LogP contribution in [0.15, 0.2) is 12.1 Å². The van der Waals surface area contributed by atoms with Crippen molar-refractivity contribution in [2.24, 2.45) is 0 Å². The highest BCUT2D eigenvalue weighted by atomic mass is 16.4. The minimum absolute atomic E-state index is 0.138. The maximum absolute atomic E-state index is 11.0. The summed E-state index contributed by atoms with van der Waals surface area (Å²) in [5.74, 6) is 1.86. The van der Waals surface area contributed by atoms with Crippen molar-refractivity contribution >= 4 is 11.8 Å². The first kappa shape index (κ1) is 12.1. The predicted molar refractivity (Wildman–Crippen MR) is 62.5 cm³/mol. The second kappa shape index (κ2) is 5.17. The van der Waals surface area contributed by atoms with Crippen molar-refractivity contribution in [2.75, 3.05) is 5.32 Å². The third kappa shape index (κ3) is 2.74. The Balaban J connectivity index is 3.06. The Morgan fingerprint density at radius 1 is 1.69 bits per heavy atom. The monoisotopic (exact) mass is 218 g/mol. The van der Waals surface area contributed by atoms with E-state index >= 15 is 0 Å². The fourth-order valence-corrected chi connectivity index (χ4v) is 1.27. The summed E-state index contributed by atoms with van der Waals surface area (Å²) in [6, 6.07) is 2.98. The van der Waals surface area contributed by atoms with Crippen LogP contribution in [-0.2, 0) is 0 Å². The summed E-state index contributed by atoms with van der Waals surface area (Å²) in [6.45, 7) is 3.72. The molecule has 0 aliphatic heterocycles. The van der Waals surface area contributed by atoms with Gasteiger partial charge in [0.1, 0.15) is 11.4 Å². The van der Waals surface area contributed by atoms with Gasteiger partial charge in [-0.1, -0.05) is 12.8 Å². The third-order valence-electron chi connectivity index (χ3n) is 2.19. The van der Waals surface area contributed by atoms with Crippen molar-refractivity contribution < 1.29 is 9.90 Å². The van der Waals surface area contributed by atoms with Gasteiger partial charge in [-0.3, -0.25) is 0 Å². The summed E-state index contributed by atoms with van der Waals surface area (Å²) in [5, 5.41) is 11.9. The quantitative estimate of drug-likeness (QED) is 0.758. The molecule has 0 bridgehead atoms. The van der Waals surface area contributed by atoms with Crippen LogP contribution in [0.1, 0.15) is 29.4 Å². The Hall–Kier alpha value is -2.02.